The van der Waals surface area contributed by atoms with Gasteiger partial charge in [0.05, 0.1) is 17.7 Å². The highest BCUT2D eigenvalue weighted by molar-refractivity contribution is 5.78. The largest absolute Gasteiger partial charge is 0.481 e. The maximum atomic E-state index is 12.1. The topological polar surface area (TPSA) is 95.4 Å². The Labute approximate surface area is 117 Å². The molecule has 7 heteroatoms. The van der Waals surface area contributed by atoms with Crippen molar-refractivity contribution in [3.8, 4) is 0 Å². The Kier molecular flexibility index (Phi) is 4.16. The molecule has 0 aliphatic carbocycles. The molecule has 1 saturated heterocycles. The number of aliphatic carboxylic acids is 1. The smallest absolute Gasteiger partial charge is 0.317 e. The van der Waals surface area contributed by atoms with Gasteiger partial charge in [-0.3, -0.25) is 4.79 Å². The third-order valence-corrected chi connectivity index (χ3v) is 3.55. The highest BCUT2D eigenvalue weighted by atomic mass is 16.4. The Bertz CT molecular complexity index is 494. The molecule has 7 nitrogen and oxygen atoms in total. The third kappa shape index (κ3) is 3.23. The molecule has 1 aliphatic rings. The Morgan fingerprint density at radius 3 is 3.00 bits per heavy atom. The second-order valence-corrected chi connectivity index (χ2v) is 5.26. The summed E-state index contributed by atoms with van der Waals surface area (Å²) in [7, 11) is 0. The first-order chi connectivity index (χ1) is 9.51. The summed E-state index contributed by atoms with van der Waals surface area (Å²) in [6.07, 6.45) is 2.85. The zero-order valence-corrected chi connectivity index (χ0v) is 11.4. The van der Waals surface area contributed by atoms with Crippen molar-refractivity contribution in [2.24, 2.45) is 5.41 Å². The minimum absolute atomic E-state index is 0.231. The van der Waals surface area contributed by atoms with E-state index in [9.17, 15) is 14.7 Å². The van der Waals surface area contributed by atoms with Crippen LogP contribution in [0.3, 0.4) is 0 Å². The number of carbonyl (C=O) groups excluding carboxylic acids is 1. The predicted molar refractivity (Wildman–Crippen MR) is 70.8 cm³/mol. The standard InChI is InChI=1S/C13H18N4O3/c1-13(11(18)19)5-3-7-17(9-13)12(20)14-8-10-4-2-6-15-16-10/h2,4,6H,3,5,7-9H2,1H3,(H,14,20)(H,18,19). The van der Waals surface area contributed by atoms with Gasteiger partial charge in [-0.2, -0.15) is 10.2 Å². The van der Waals surface area contributed by atoms with Crippen molar-refractivity contribution in [2.75, 3.05) is 13.1 Å². The Morgan fingerprint density at radius 1 is 1.55 bits per heavy atom. The molecule has 0 bridgehead atoms. The van der Waals surface area contributed by atoms with Crippen LogP contribution in [0.4, 0.5) is 4.79 Å². The van der Waals surface area contributed by atoms with Gasteiger partial charge in [-0.15, -0.1) is 0 Å². The van der Waals surface area contributed by atoms with Gasteiger partial charge in [0.2, 0.25) is 0 Å². The summed E-state index contributed by atoms with van der Waals surface area (Å²) in [4.78, 5) is 24.9. The van der Waals surface area contributed by atoms with Crippen molar-refractivity contribution in [1.29, 1.82) is 0 Å². The molecule has 0 saturated carbocycles. The Morgan fingerprint density at radius 2 is 2.35 bits per heavy atom. The van der Waals surface area contributed by atoms with Crippen molar-refractivity contribution in [1.82, 2.24) is 20.4 Å². The van der Waals surface area contributed by atoms with E-state index in [1.807, 2.05) is 0 Å². The van der Waals surface area contributed by atoms with Crippen LogP contribution in [0.5, 0.6) is 0 Å². The molecular weight excluding hydrogens is 260 g/mol. The summed E-state index contributed by atoms with van der Waals surface area (Å²) in [6, 6.07) is 3.25. The summed E-state index contributed by atoms with van der Waals surface area (Å²) in [6.45, 7) is 2.77. The fourth-order valence-corrected chi connectivity index (χ4v) is 2.29. The molecule has 1 aliphatic heterocycles. The van der Waals surface area contributed by atoms with E-state index < -0.39 is 11.4 Å². The molecule has 2 rings (SSSR count). The lowest BCUT2D eigenvalue weighted by Gasteiger charge is -2.37. The molecule has 1 atom stereocenters. The number of aromatic nitrogens is 2. The van der Waals surface area contributed by atoms with Crippen molar-refractivity contribution >= 4 is 12.0 Å². The number of urea groups is 1. The average Bonchev–Trinajstić information content (AvgIpc) is 2.46. The van der Waals surface area contributed by atoms with E-state index in [1.54, 1.807) is 30.2 Å². The van der Waals surface area contributed by atoms with Crippen LogP contribution in [0.1, 0.15) is 25.5 Å². The van der Waals surface area contributed by atoms with Crippen LogP contribution >= 0.6 is 0 Å². The molecule has 1 unspecified atom stereocenters. The third-order valence-electron chi connectivity index (χ3n) is 3.55. The minimum atomic E-state index is -0.859. The number of piperidine rings is 1. The summed E-state index contributed by atoms with van der Waals surface area (Å²) in [5.74, 6) is -0.857. The van der Waals surface area contributed by atoms with Crippen molar-refractivity contribution in [2.45, 2.75) is 26.3 Å². The van der Waals surface area contributed by atoms with E-state index in [-0.39, 0.29) is 19.1 Å². The van der Waals surface area contributed by atoms with Crippen LogP contribution in [-0.4, -0.2) is 45.3 Å². The van der Waals surface area contributed by atoms with Crippen molar-refractivity contribution in [3.05, 3.63) is 24.0 Å². The van der Waals surface area contributed by atoms with Crippen LogP contribution in [0.15, 0.2) is 18.3 Å². The maximum absolute atomic E-state index is 12.1. The van der Waals surface area contributed by atoms with Gasteiger partial charge in [0.15, 0.2) is 0 Å². The minimum Gasteiger partial charge on any atom is -0.481 e. The van der Waals surface area contributed by atoms with Gasteiger partial charge in [0, 0.05) is 19.3 Å². The maximum Gasteiger partial charge on any atom is 0.317 e. The second kappa shape index (κ2) is 5.85. The fraction of sp³-hybridized carbons (Fsp3) is 0.538. The molecule has 0 radical (unpaired) electrons. The number of hydrogen-bond acceptors (Lipinski definition) is 4. The van der Waals surface area contributed by atoms with E-state index in [0.717, 1.165) is 0 Å². The van der Waals surface area contributed by atoms with Crippen LogP contribution in [0.2, 0.25) is 0 Å². The van der Waals surface area contributed by atoms with Crippen LogP contribution < -0.4 is 5.32 Å². The number of nitrogens with zero attached hydrogens (tertiary/aromatic N) is 3. The normalized spacial score (nSPS) is 22.4. The summed E-state index contributed by atoms with van der Waals surface area (Å²) in [5.41, 5.74) is -0.193. The van der Waals surface area contributed by atoms with Gasteiger partial charge in [-0.05, 0) is 31.9 Å². The highest BCUT2D eigenvalue weighted by Gasteiger charge is 2.39. The molecule has 1 fully saturated rings. The SMILES string of the molecule is CC1(C(=O)O)CCCN(C(=O)NCc2cccnn2)C1. The van der Waals surface area contributed by atoms with E-state index in [2.05, 4.69) is 15.5 Å². The van der Waals surface area contributed by atoms with Gasteiger partial charge in [0.25, 0.3) is 0 Å². The number of carbonyl (C=O) groups is 2. The lowest BCUT2D eigenvalue weighted by Crippen LogP contribution is -2.51. The number of rotatable bonds is 3. The molecule has 1 aromatic heterocycles. The van der Waals surface area contributed by atoms with Crippen LogP contribution in [0.25, 0.3) is 0 Å². The first-order valence-corrected chi connectivity index (χ1v) is 6.54. The van der Waals surface area contributed by atoms with Crippen molar-refractivity contribution < 1.29 is 14.7 Å². The van der Waals surface area contributed by atoms with Crippen LogP contribution in [-0.2, 0) is 11.3 Å². The zero-order valence-electron chi connectivity index (χ0n) is 11.4. The fourth-order valence-electron chi connectivity index (χ4n) is 2.29. The Balaban J connectivity index is 1.91. The molecule has 20 heavy (non-hydrogen) atoms. The molecular formula is C13H18N4O3. The van der Waals surface area contributed by atoms with Gasteiger partial charge >= 0.3 is 12.0 Å². The zero-order chi connectivity index (χ0) is 14.6. The number of nitrogens with one attached hydrogen (secondary N) is 1. The van der Waals surface area contributed by atoms with Gasteiger partial charge in [0.1, 0.15) is 0 Å². The molecule has 2 heterocycles. The molecule has 2 N–H and O–H groups in total. The molecule has 0 aromatic carbocycles. The monoisotopic (exact) mass is 278 g/mol. The van der Waals surface area contributed by atoms with E-state index in [1.165, 1.54) is 0 Å². The summed E-state index contributed by atoms with van der Waals surface area (Å²) < 4.78 is 0. The van der Waals surface area contributed by atoms with E-state index in [0.29, 0.717) is 25.1 Å². The van der Waals surface area contributed by atoms with Gasteiger partial charge in [-0.1, -0.05) is 0 Å². The molecule has 1 aromatic rings. The van der Waals surface area contributed by atoms with Crippen LogP contribution in [0, 0.1) is 5.41 Å². The quantitative estimate of drug-likeness (QED) is 0.855. The molecule has 2 amide bonds. The van der Waals surface area contributed by atoms with E-state index in [4.69, 9.17) is 0 Å². The van der Waals surface area contributed by atoms with Crippen molar-refractivity contribution in [3.63, 3.8) is 0 Å². The molecule has 108 valence electrons. The summed E-state index contributed by atoms with van der Waals surface area (Å²) in [5, 5.41) is 19.6. The second-order valence-electron chi connectivity index (χ2n) is 5.26. The number of carboxylic acid groups (broad SMARTS) is 1. The molecule has 0 spiro atoms. The summed E-state index contributed by atoms with van der Waals surface area (Å²) >= 11 is 0. The first-order valence-electron chi connectivity index (χ1n) is 6.54. The average molecular weight is 278 g/mol. The number of hydrogen-bond donors (Lipinski definition) is 2. The first kappa shape index (κ1) is 14.2. The Hall–Kier alpha value is -2.18. The lowest BCUT2D eigenvalue weighted by molar-refractivity contribution is -0.150. The highest BCUT2D eigenvalue weighted by Crippen LogP contribution is 2.29. The number of carboxylic acids is 1. The lowest BCUT2D eigenvalue weighted by atomic mass is 9.82. The van der Waals surface area contributed by atoms with E-state index >= 15 is 0 Å². The van der Waals surface area contributed by atoms with Gasteiger partial charge < -0.3 is 15.3 Å². The number of likely N-dealkylation sites (tertiary alicyclic amines) is 1. The number of amides is 2. The van der Waals surface area contributed by atoms with Gasteiger partial charge in [-0.25, -0.2) is 4.79 Å². The predicted octanol–water partition coefficient (Wildman–Crippen LogP) is 0.873.